The average molecular weight is 494 g/mol. The summed E-state index contributed by atoms with van der Waals surface area (Å²) in [7, 11) is 0. The van der Waals surface area contributed by atoms with Gasteiger partial charge in [-0.2, -0.15) is 0 Å². The number of hydrogen-bond donors (Lipinski definition) is 3. The zero-order valence-corrected chi connectivity index (χ0v) is 19.4. The fourth-order valence-corrected chi connectivity index (χ4v) is 2.81. The number of rotatable bonds is 11. The predicted octanol–water partition coefficient (Wildman–Crippen LogP) is 3.54. The Kier molecular flexibility index (Phi) is 14.5. The Balaban J connectivity index is 0.00000676. The van der Waals surface area contributed by atoms with E-state index >= 15 is 0 Å². The molecule has 0 heterocycles. The summed E-state index contributed by atoms with van der Waals surface area (Å²) in [6.07, 6.45) is 1.20. The molecule has 3 N–H and O–H groups in total. The van der Waals surface area contributed by atoms with Gasteiger partial charge in [-0.25, -0.2) is 4.39 Å². The predicted molar refractivity (Wildman–Crippen MR) is 122 cm³/mol. The molecule has 27 heavy (non-hydrogen) atoms. The molecule has 7 heteroatoms. The minimum atomic E-state index is -0.954. The summed E-state index contributed by atoms with van der Waals surface area (Å²) in [5, 5.41) is 16.7. The summed E-state index contributed by atoms with van der Waals surface area (Å²) < 4.78 is 13.7. The highest BCUT2D eigenvalue weighted by Gasteiger charge is 2.12. The lowest BCUT2D eigenvalue weighted by atomic mass is 10.1. The molecule has 0 spiro atoms. The number of aliphatic hydroxyl groups is 1. The van der Waals surface area contributed by atoms with Crippen molar-refractivity contribution in [2.24, 2.45) is 4.99 Å². The number of hydrogen-bond acceptors (Lipinski definition) is 3. The van der Waals surface area contributed by atoms with E-state index in [-0.39, 0.29) is 42.1 Å². The lowest BCUT2D eigenvalue weighted by Gasteiger charge is -2.21. The van der Waals surface area contributed by atoms with Crippen molar-refractivity contribution >= 4 is 29.9 Å². The Hall–Kier alpha value is -0.930. The van der Waals surface area contributed by atoms with Gasteiger partial charge in [-0.1, -0.05) is 32.0 Å². The first-order chi connectivity index (χ1) is 12.5. The molecule has 156 valence electrons. The van der Waals surface area contributed by atoms with Crippen LogP contribution in [0.25, 0.3) is 0 Å². The highest BCUT2D eigenvalue weighted by atomic mass is 127. The monoisotopic (exact) mass is 494 g/mol. The van der Waals surface area contributed by atoms with E-state index in [2.05, 4.69) is 41.3 Å². The van der Waals surface area contributed by atoms with Crippen LogP contribution in [0.3, 0.4) is 0 Å². The van der Waals surface area contributed by atoms with Crippen molar-refractivity contribution in [3.63, 3.8) is 0 Å². The minimum Gasteiger partial charge on any atom is -0.386 e. The molecule has 2 unspecified atom stereocenters. The lowest BCUT2D eigenvalue weighted by molar-refractivity contribution is 0.182. The Morgan fingerprint density at radius 2 is 1.89 bits per heavy atom. The van der Waals surface area contributed by atoms with E-state index in [0.717, 1.165) is 39.0 Å². The van der Waals surface area contributed by atoms with Gasteiger partial charge in [0.15, 0.2) is 5.96 Å². The van der Waals surface area contributed by atoms with E-state index < -0.39 is 11.9 Å². The third kappa shape index (κ3) is 10.3. The van der Waals surface area contributed by atoms with Gasteiger partial charge in [0.25, 0.3) is 0 Å². The number of nitrogens with zero attached hydrogens (tertiary/aromatic N) is 2. The van der Waals surface area contributed by atoms with Crippen LogP contribution in [-0.2, 0) is 0 Å². The number of aliphatic hydroxyl groups excluding tert-OH is 1. The maximum Gasteiger partial charge on any atom is 0.191 e. The molecular weight excluding hydrogens is 458 g/mol. The van der Waals surface area contributed by atoms with Crippen molar-refractivity contribution in [1.29, 1.82) is 0 Å². The van der Waals surface area contributed by atoms with E-state index in [1.165, 1.54) is 6.07 Å². The van der Waals surface area contributed by atoms with Crippen LogP contribution in [0.2, 0.25) is 0 Å². The van der Waals surface area contributed by atoms with Crippen LogP contribution in [0, 0.1) is 5.82 Å². The molecule has 0 saturated carbocycles. The van der Waals surface area contributed by atoms with Crippen LogP contribution in [0.1, 0.15) is 52.2 Å². The second kappa shape index (κ2) is 15.0. The average Bonchev–Trinajstić information content (AvgIpc) is 2.63. The van der Waals surface area contributed by atoms with Gasteiger partial charge in [0.05, 0.1) is 6.54 Å². The van der Waals surface area contributed by atoms with E-state index in [9.17, 15) is 9.50 Å². The summed E-state index contributed by atoms with van der Waals surface area (Å²) in [6.45, 7) is 12.6. The first kappa shape index (κ1) is 26.1. The molecule has 1 aromatic rings. The van der Waals surface area contributed by atoms with E-state index in [1.807, 2.05) is 6.92 Å². The van der Waals surface area contributed by atoms with Gasteiger partial charge in [-0.05, 0) is 52.4 Å². The van der Waals surface area contributed by atoms with Gasteiger partial charge in [-0.3, -0.25) is 4.99 Å². The van der Waals surface area contributed by atoms with Crippen molar-refractivity contribution in [1.82, 2.24) is 15.5 Å². The van der Waals surface area contributed by atoms with E-state index in [4.69, 9.17) is 0 Å². The molecule has 0 aliphatic rings. The van der Waals surface area contributed by atoms with Crippen LogP contribution in [0.5, 0.6) is 0 Å². The standard InChI is InChI=1S/C20H35FN4O.HI/c1-5-22-20(24-16(4)11-10-14-25(6-2)7-3)23-15-19(26)17-12-8-9-13-18(17)21;/h8-9,12-13,16,19,26H,5-7,10-11,14-15H2,1-4H3,(H2,22,23,24);1H. The molecule has 0 saturated heterocycles. The molecule has 5 nitrogen and oxygen atoms in total. The highest BCUT2D eigenvalue weighted by molar-refractivity contribution is 14.0. The van der Waals surface area contributed by atoms with Crippen LogP contribution < -0.4 is 10.6 Å². The SMILES string of the molecule is CCNC(=NCC(O)c1ccccc1F)NC(C)CCCN(CC)CC.I. The summed E-state index contributed by atoms with van der Waals surface area (Å²) >= 11 is 0. The third-order valence-electron chi connectivity index (χ3n) is 4.42. The summed E-state index contributed by atoms with van der Waals surface area (Å²) in [5.41, 5.74) is 0.277. The zero-order valence-electron chi connectivity index (χ0n) is 17.0. The summed E-state index contributed by atoms with van der Waals surface area (Å²) in [6, 6.07) is 6.54. The maximum atomic E-state index is 13.7. The van der Waals surface area contributed by atoms with Gasteiger partial charge in [0.1, 0.15) is 11.9 Å². The molecule has 1 rings (SSSR count). The van der Waals surface area contributed by atoms with Crippen molar-refractivity contribution in [2.45, 2.75) is 52.7 Å². The number of benzene rings is 1. The van der Waals surface area contributed by atoms with Crippen molar-refractivity contribution < 1.29 is 9.50 Å². The van der Waals surface area contributed by atoms with E-state index in [1.54, 1.807) is 18.2 Å². The van der Waals surface area contributed by atoms with Crippen molar-refractivity contribution in [3.8, 4) is 0 Å². The first-order valence-electron chi connectivity index (χ1n) is 9.71. The quantitative estimate of drug-likeness (QED) is 0.250. The number of nitrogens with one attached hydrogen (secondary N) is 2. The molecule has 1 aromatic carbocycles. The van der Waals surface area contributed by atoms with Crippen LogP contribution in [-0.4, -0.2) is 54.7 Å². The molecule has 0 radical (unpaired) electrons. The lowest BCUT2D eigenvalue weighted by Crippen LogP contribution is -2.42. The van der Waals surface area contributed by atoms with Crippen molar-refractivity contribution in [3.05, 3.63) is 35.6 Å². The highest BCUT2D eigenvalue weighted by Crippen LogP contribution is 2.16. The van der Waals surface area contributed by atoms with Gasteiger partial charge in [-0.15, -0.1) is 24.0 Å². The molecule has 0 aliphatic heterocycles. The zero-order chi connectivity index (χ0) is 19.4. The third-order valence-corrected chi connectivity index (χ3v) is 4.42. The van der Waals surface area contributed by atoms with Gasteiger partial charge in [0.2, 0.25) is 0 Å². The Bertz CT molecular complexity index is 540. The van der Waals surface area contributed by atoms with E-state index in [0.29, 0.717) is 5.96 Å². The summed E-state index contributed by atoms with van der Waals surface area (Å²) in [5.74, 6) is 0.246. The van der Waals surface area contributed by atoms with Crippen molar-refractivity contribution in [2.75, 3.05) is 32.7 Å². The smallest absolute Gasteiger partial charge is 0.191 e. The number of halogens is 2. The first-order valence-corrected chi connectivity index (χ1v) is 9.71. The maximum absolute atomic E-state index is 13.7. The molecule has 2 atom stereocenters. The normalized spacial score (nSPS) is 13.8. The summed E-state index contributed by atoms with van der Waals surface area (Å²) in [4.78, 5) is 6.83. The van der Waals surface area contributed by atoms with Crippen LogP contribution in [0.4, 0.5) is 4.39 Å². The number of aliphatic imine (C=N–C) groups is 1. The topological polar surface area (TPSA) is 59.9 Å². The molecule has 0 amide bonds. The second-order valence-electron chi connectivity index (χ2n) is 6.47. The molecule has 0 aliphatic carbocycles. The largest absolute Gasteiger partial charge is 0.386 e. The second-order valence-corrected chi connectivity index (χ2v) is 6.47. The van der Waals surface area contributed by atoms with Crippen LogP contribution >= 0.6 is 24.0 Å². The van der Waals surface area contributed by atoms with Gasteiger partial charge < -0.3 is 20.6 Å². The molecule has 0 bridgehead atoms. The Morgan fingerprint density at radius 3 is 2.48 bits per heavy atom. The van der Waals surface area contributed by atoms with Gasteiger partial charge >= 0.3 is 0 Å². The molecule has 0 fully saturated rings. The fraction of sp³-hybridized carbons (Fsp3) is 0.650. The molecule has 0 aromatic heterocycles. The Morgan fingerprint density at radius 1 is 1.22 bits per heavy atom. The van der Waals surface area contributed by atoms with Crippen LogP contribution in [0.15, 0.2) is 29.3 Å². The number of guanidine groups is 1. The minimum absolute atomic E-state index is 0. The fourth-order valence-electron chi connectivity index (χ4n) is 2.81. The van der Waals surface area contributed by atoms with Gasteiger partial charge in [0, 0.05) is 18.2 Å². The molecular formula is C20H36FIN4O. The Labute approximate surface area is 180 Å².